The van der Waals surface area contributed by atoms with E-state index in [4.69, 9.17) is 9.47 Å². The summed E-state index contributed by atoms with van der Waals surface area (Å²) in [4.78, 5) is 32.5. The van der Waals surface area contributed by atoms with Crippen LogP contribution in [0, 0.1) is 0 Å². The number of carbonyl (C=O) groups is 2. The lowest BCUT2D eigenvalue weighted by atomic mass is 9.82. The molecule has 206 valence electrons. The molecule has 2 fully saturated rings. The molecule has 1 N–H and O–H groups in total. The van der Waals surface area contributed by atoms with E-state index in [0.717, 1.165) is 69.5 Å². The molecular weight excluding hydrogens is 494 g/mol. The Balaban J connectivity index is 1.33. The van der Waals surface area contributed by atoms with Crippen molar-refractivity contribution in [2.24, 2.45) is 7.05 Å². The Morgan fingerprint density at radius 3 is 2.59 bits per heavy atom. The molecule has 4 heterocycles. The molecule has 1 atom stereocenters. The van der Waals surface area contributed by atoms with Crippen molar-refractivity contribution in [2.75, 3.05) is 33.9 Å². The first-order valence-electron chi connectivity index (χ1n) is 14.0. The maximum Gasteiger partial charge on any atom is 0.365 e. The quantitative estimate of drug-likeness (QED) is 0.643. The van der Waals surface area contributed by atoms with Crippen LogP contribution in [0.1, 0.15) is 67.1 Å². The number of nitrogens with one attached hydrogen (secondary N) is 1. The summed E-state index contributed by atoms with van der Waals surface area (Å²) in [6.45, 7) is 6.61. The van der Waals surface area contributed by atoms with Crippen LogP contribution < -0.4 is 24.9 Å². The van der Waals surface area contributed by atoms with Gasteiger partial charge in [0.15, 0.2) is 5.69 Å². The molecule has 2 saturated heterocycles. The summed E-state index contributed by atoms with van der Waals surface area (Å²) in [6.07, 6.45) is 9.93. The number of ether oxygens (including phenoxy) is 2. The molecule has 1 aromatic carbocycles. The maximum atomic E-state index is 13.9. The van der Waals surface area contributed by atoms with Crippen molar-refractivity contribution in [2.45, 2.75) is 57.5 Å². The fraction of sp³-hybridized carbons (Fsp3) is 0.500. The molecule has 9 nitrogen and oxygen atoms in total. The molecule has 1 unspecified atom stereocenters. The van der Waals surface area contributed by atoms with E-state index >= 15 is 0 Å². The Bertz CT molecular complexity index is 1500. The number of amides is 3. The number of carbonyl (C=O) groups excluding carboxylic acids is 2. The molecule has 39 heavy (non-hydrogen) atoms. The van der Waals surface area contributed by atoms with E-state index < -0.39 is 5.54 Å². The Labute approximate surface area is 228 Å². The zero-order valence-corrected chi connectivity index (χ0v) is 23.5. The van der Waals surface area contributed by atoms with Gasteiger partial charge in [0.05, 0.1) is 44.7 Å². The number of methoxy groups -OCH3 is 2. The smallest absolute Gasteiger partial charge is 0.365 e. The number of likely N-dealkylation sites (N-methyl/N-ethyl adjacent to an activating group) is 1. The molecular formula is C30H38N5O4+. The second-order valence-corrected chi connectivity index (χ2v) is 11.1. The number of benzene rings is 1. The number of rotatable bonds is 4. The number of quaternary nitrogens is 1. The van der Waals surface area contributed by atoms with Gasteiger partial charge in [-0.1, -0.05) is 25.2 Å². The minimum Gasteiger partial charge on any atom is -0.497 e. The molecule has 1 spiro atoms. The van der Waals surface area contributed by atoms with Gasteiger partial charge < -0.3 is 14.4 Å². The highest BCUT2D eigenvalue weighted by Gasteiger charge is 2.56. The lowest BCUT2D eigenvalue weighted by molar-refractivity contribution is -0.822. The molecule has 6 rings (SSSR count). The van der Waals surface area contributed by atoms with E-state index in [1.165, 1.54) is 0 Å². The summed E-state index contributed by atoms with van der Waals surface area (Å²) in [5.74, 6) is 1.62. The van der Waals surface area contributed by atoms with E-state index in [9.17, 15) is 9.59 Å². The fourth-order valence-electron chi connectivity index (χ4n) is 7.24. The molecule has 9 heteroatoms. The van der Waals surface area contributed by atoms with Crippen molar-refractivity contribution in [3.8, 4) is 11.5 Å². The van der Waals surface area contributed by atoms with Crippen LogP contribution in [0.5, 0.6) is 11.5 Å². The van der Waals surface area contributed by atoms with Crippen LogP contribution in [-0.4, -0.2) is 70.9 Å². The number of likely N-dealkylation sites (tertiary alicyclic amines) is 1. The normalized spacial score (nSPS) is 25.7. The standard InChI is InChI=1S/C30H37N5O4/c1-6-35-29(37)34-18-20-16-21(38-4)17-24(39-5)26(20)19(2)15-25(34)30(35)11-13-33(14-12-30)28(36)27-22-9-7-8-10-23(22)32(3)31-27/h9-10,15-17,19H,6-8,11-14,18H2,1-5H3/p+1. The van der Waals surface area contributed by atoms with Gasteiger partial charge in [-0.25, -0.2) is 9.59 Å². The third-order valence-corrected chi connectivity index (χ3v) is 9.11. The Kier molecular flexibility index (Phi) is 6.29. The predicted molar refractivity (Wildman–Crippen MR) is 147 cm³/mol. The summed E-state index contributed by atoms with van der Waals surface area (Å²) in [6, 6.07) is 3.97. The summed E-state index contributed by atoms with van der Waals surface area (Å²) >= 11 is 0. The molecule has 2 aromatic rings. The van der Waals surface area contributed by atoms with E-state index in [0.29, 0.717) is 31.9 Å². The molecule has 1 aliphatic carbocycles. The molecule has 3 amide bonds. The van der Waals surface area contributed by atoms with Gasteiger partial charge in [-0.05, 0) is 31.4 Å². The Morgan fingerprint density at radius 1 is 1.15 bits per heavy atom. The number of aromatic nitrogens is 2. The van der Waals surface area contributed by atoms with E-state index in [1.807, 2.05) is 40.6 Å². The van der Waals surface area contributed by atoms with Crippen molar-refractivity contribution in [1.29, 1.82) is 0 Å². The van der Waals surface area contributed by atoms with E-state index in [-0.39, 0.29) is 17.9 Å². The minimum absolute atomic E-state index is 0.0318. The van der Waals surface area contributed by atoms with Crippen molar-refractivity contribution < 1.29 is 24.0 Å². The number of hydrogen-bond acceptors (Lipinski definition) is 5. The lowest BCUT2D eigenvalue weighted by Crippen LogP contribution is -3.16. The highest BCUT2D eigenvalue weighted by atomic mass is 16.5. The SMILES string of the molecule is CCN1C(=O)N2Cc3cc(OC)cc(OC)c3C(C)C=C2C12CC[NH+](C(=O)c1nn(C)c3c1=CCCC=3)CC2. The predicted octanol–water partition coefficient (Wildman–Crippen LogP) is 1.31. The lowest BCUT2D eigenvalue weighted by Gasteiger charge is -2.41. The minimum atomic E-state index is -0.424. The molecule has 1 aromatic heterocycles. The number of allylic oxidation sites excluding steroid dienone is 1. The van der Waals surface area contributed by atoms with Crippen molar-refractivity contribution in [3.63, 3.8) is 0 Å². The summed E-state index contributed by atoms with van der Waals surface area (Å²) in [5.41, 5.74) is 3.34. The first-order chi connectivity index (χ1) is 18.8. The number of piperidine rings is 1. The van der Waals surface area contributed by atoms with Crippen molar-refractivity contribution in [1.82, 2.24) is 19.6 Å². The zero-order chi connectivity index (χ0) is 27.5. The van der Waals surface area contributed by atoms with Gasteiger partial charge in [0, 0.05) is 54.9 Å². The first kappa shape index (κ1) is 25.7. The highest BCUT2D eigenvalue weighted by Crippen LogP contribution is 2.48. The molecule has 3 aliphatic heterocycles. The van der Waals surface area contributed by atoms with E-state index in [1.54, 1.807) is 14.2 Å². The first-order valence-corrected chi connectivity index (χ1v) is 14.0. The Hall–Kier alpha value is -3.59. The van der Waals surface area contributed by atoms with Gasteiger partial charge in [0.1, 0.15) is 11.5 Å². The molecule has 0 radical (unpaired) electrons. The average Bonchev–Trinajstić information content (AvgIpc) is 3.32. The van der Waals surface area contributed by atoms with Crippen molar-refractivity contribution in [3.05, 3.63) is 51.3 Å². The van der Waals surface area contributed by atoms with E-state index in [2.05, 4.69) is 30.3 Å². The number of nitrogens with zero attached hydrogens (tertiary/aromatic N) is 4. The van der Waals surface area contributed by atoms with Gasteiger partial charge in [-0.2, -0.15) is 5.10 Å². The average molecular weight is 533 g/mol. The number of aryl methyl sites for hydroxylation is 1. The van der Waals surface area contributed by atoms with Crippen molar-refractivity contribution >= 4 is 24.1 Å². The zero-order valence-electron chi connectivity index (χ0n) is 23.5. The second kappa shape index (κ2) is 9.55. The number of fused-ring (bicyclic) bond motifs is 4. The van der Waals surface area contributed by atoms with Crippen LogP contribution in [0.3, 0.4) is 0 Å². The van der Waals surface area contributed by atoms with Crippen LogP contribution in [-0.2, 0) is 13.6 Å². The summed E-state index contributed by atoms with van der Waals surface area (Å²) < 4.78 is 13.1. The largest absolute Gasteiger partial charge is 0.497 e. The maximum absolute atomic E-state index is 13.9. The summed E-state index contributed by atoms with van der Waals surface area (Å²) in [7, 11) is 5.23. The van der Waals surface area contributed by atoms with Crippen LogP contribution >= 0.6 is 0 Å². The number of hydrogen-bond donors (Lipinski definition) is 1. The van der Waals surface area contributed by atoms with Gasteiger partial charge in [-0.3, -0.25) is 14.5 Å². The van der Waals surface area contributed by atoms with Crippen LogP contribution in [0.15, 0.2) is 23.9 Å². The van der Waals surface area contributed by atoms with Gasteiger partial charge in [0.2, 0.25) is 0 Å². The van der Waals surface area contributed by atoms with Gasteiger partial charge in [-0.15, -0.1) is 0 Å². The summed E-state index contributed by atoms with van der Waals surface area (Å²) in [5, 5.41) is 6.63. The fourth-order valence-corrected chi connectivity index (χ4v) is 7.24. The topological polar surface area (TPSA) is 81.3 Å². The van der Waals surface area contributed by atoms with Crippen LogP contribution in [0.4, 0.5) is 4.79 Å². The molecule has 0 bridgehead atoms. The van der Waals surface area contributed by atoms with Crippen LogP contribution in [0.2, 0.25) is 0 Å². The van der Waals surface area contributed by atoms with Crippen LogP contribution in [0.25, 0.3) is 12.2 Å². The second-order valence-electron chi connectivity index (χ2n) is 11.1. The number of urea groups is 1. The highest BCUT2D eigenvalue weighted by molar-refractivity contribution is 5.86. The van der Waals surface area contributed by atoms with Gasteiger partial charge in [0.25, 0.3) is 0 Å². The Morgan fingerprint density at radius 2 is 1.90 bits per heavy atom. The molecule has 4 aliphatic rings. The third-order valence-electron chi connectivity index (χ3n) is 9.11. The monoisotopic (exact) mass is 532 g/mol. The molecule has 0 saturated carbocycles. The third kappa shape index (κ3) is 3.81. The van der Waals surface area contributed by atoms with Gasteiger partial charge >= 0.3 is 11.9 Å².